The number of nitrogens with zero attached hydrogens (tertiary/aromatic N) is 1. The highest BCUT2D eigenvalue weighted by atomic mass is 16.7. The van der Waals surface area contributed by atoms with Gasteiger partial charge >= 0.3 is 11.9 Å². The minimum atomic E-state index is -2.43. The van der Waals surface area contributed by atoms with Crippen molar-refractivity contribution in [3.8, 4) is 0 Å². The smallest absolute Gasteiger partial charge is 0.334 e. The predicted octanol–water partition coefficient (Wildman–Crippen LogP) is 6.11. The second-order valence-electron chi connectivity index (χ2n) is 23.6. The molecule has 2 aliphatic rings. The Bertz CT molecular complexity index is 1930. The third-order valence-corrected chi connectivity index (χ3v) is 15.9. The molecule has 2 rings (SSSR count). The summed E-state index contributed by atoms with van der Waals surface area (Å²) in [5.74, 6) is -4.55. The Morgan fingerprint density at radius 2 is 1.42 bits per heavy atom. The van der Waals surface area contributed by atoms with E-state index in [0.29, 0.717) is 29.4 Å². The average molecular weight is 1120 g/mol. The second-order valence-corrected chi connectivity index (χ2v) is 23.6. The predicted molar refractivity (Wildman–Crippen MR) is 308 cm³/mol. The number of aliphatic hydroxyl groups is 10. The second kappa shape index (κ2) is 37.5. The lowest BCUT2D eigenvalue weighted by atomic mass is 9.84. The van der Waals surface area contributed by atoms with Gasteiger partial charge in [-0.3, -0.25) is 9.79 Å². The van der Waals surface area contributed by atoms with E-state index in [4.69, 9.17) is 19.9 Å². The number of nitrogens with one attached hydrogen (secondary N) is 1. The molecule has 18 nitrogen and oxygen atoms in total. The number of aliphatic imine (C=N–C) groups is 1. The van der Waals surface area contributed by atoms with Gasteiger partial charge < -0.3 is 76.3 Å². The van der Waals surface area contributed by atoms with E-state index in [1.807, 2.05) is 13.0 Å². The van der Waals surface area contributed by atoms with Crippen molar-refractivity contribution in [2.75, 3.05) is 13.6 Å². The fraction of sp³-hybridized carbons (Fsp3) is 0.787. The molecule has 2 bridgehead atoms. The van der Waals surface area contributed by atoms with Crippen LogP contribution in [0.4, 0.5) is 0 Å². The number of hydrogen-bond acceptors (Lipinski definition) is 16. The summed E-state index contributed by atoms with van der Waals surface area (Å²) in [6, 6.07) is 0. The average Bonchev–Trinajstić information content (AvgIpc) is 3.38. The fourth-order valence-corrected chi connectivity index (χ4v) is 10.2. The lowest BCUT2D eigenvalue weighted by Crippen LogP contribution is -2.60. The van der Waals surface area contributed by atoms with Gasteiger partial charge in [0.25, 0.3) is 0 Å². The number of guanidine groups is 1. The number of carbonyl (C=O) groups is 2. The fourth-order valence-electron chi connectivity index (χ4n) is 10.2. The molecule has 13 N–H and O–H groups in total. The number of ether oxygens (including phenoxy) is 3. The first-order chi connectivity index (χ1) is 37.2. The van der Waals surface area contributed by atoms with Gasteiger partial charge in [-0.05, 0) is 95.0 Å². The van der Waals surface area contributed by atoms with Crippen molar-refractivity contribution in [1.82, 2.24) is 5.32 Å². The standard InChI is InChI=1S/C61H107N3O15/c1-38(2)21-16-17-27-56(73)77-48-32-46(65)31-47(66)33-51(68)39(3)23-19-25-43(7)57(42(6)22-15-13-11-12-14-18-30-64-60(62)63-10)78-59(75)44(8)26-20-24-40(4)52(69)36-53(70)45(9)50(67)29-28-41(5)55(72)37-61(76)58(74)54(71)35-49(34-48)79-61/h11-12,19-20,23-26,38,40-43,45-55,57-58,65-72,74,76H,13-18,21-22,27-37H2,1-10H3,(H3,62,63,64)/b12-11+,24-20+,25-19-,39-23-,44-26-/t40-,41+,42+,43-,45-,46+,47-,48-,49-,50-,51-,52+,53-,54-,55+,57+,58+,61+/m1/s1. The van der Waals surface area contributed by atoms with Crippen LogP contribution in [0.15, 0.2) is 64.7 Å². The first-order valence-electron chi connectivity index (χ1n) is 29.4. The van der Waals surface area contributed by atoms with Gasteiger partial charge in [0.05, 0.1) is 54.9 Å². The quantitative estimate of drug-likeness (QED) is 0.0289. The minimum absolute atomic E-state index is 0.0388. The van der Waals surface area contributed by atoms with Crippen molar-refractivity contribution in [1.29, 1.82) is 0 Å². The van der Waals surface area contributed by atoms with E-state index in [1.54, 1.807) is 72.0 Å². The van der Waals surface area contributed by atoms with Gasteiger partial charge in [-0.2, -0.15) is 0 Å². The molecule has 79 heavy (non-hydrogen) atoms. The van der Waals surface area contributed by atoms with Crippen molar-refractivity contribution in [3.05, 3.63) is 59.8 Å². The molecule has 2 heterocycles. The van der Waals surface area contributed by atoms with Crippen molar-refractivity contribution < 1.29 is 74.9 Å². The van der Waals surface area contributed by atoms with E-state index in [9.17, 15) is 60.7 Å². The van der Waals surface area contributed by atoms with Crippen LogP contribution in [0.1, 0.15) is 178 Å². The molecular weight excluding hydrogens is 1010 g/mol. The van der Waals surface area contributed by atoms with Gasteiger partial charge in [0.15, 0.2) is 11.7 Å². The Balaban J connectivity index is 2.44. The topological polar surface area (TPSA) is 315 Å². The third-order valence-electron chi connectivity index (χ3n) is 15.9. The van der Waals surface area contributed by atoms with E-state index >= 15 is 0 Å². The van der Waals surface area contributed by atoms with Gasteiger partial charge in [0, 0.05) is 81.9 Å². The maximum atomic E-state index is 13.7. The number of cyclic esters (lactones) is 1. The Labute approximate surface area is 473 Å². The van der Waals surface area contributed by atoms with Crippen LogP contribution in [0.2, 0.25) is 0 Å². The number of allylic oxidation sites excluding steroid dienone is 6. The van der Waals surface area contributed by atoms with Crippen LogP contribution in [0, 0.1) is 35.5 Å². The summed E-state index contributed by atoms with van der Waals surface area (Å²) in [4.78, 5) is 30.8. The Morgan fingerprint density at radius 3 is 2.09 bits per heavy atom. The lowest BCUT2D eigenvalue weighted by Gasteiger charge is -2.45. The van der Waals surface area contributed by atoms with E-state index in [1.165, 1.54) is 0 Å². The highest BCUT2D eigenvalue weighted by molar-refractivity contribution is 5.88. The largest absolute Gasteiger partial charge is 0.462 e. The number of unbranched alkanes of at least 4 members (excludes halogenated alkanes) is 3. The summed E-state index contributed by atoms with van der Waals surface area (Å²) in [6.45, 7) is 17.4. The lowest BCUT2D eigenvalue weighted by molar-refractivity contribution is -0.333. The zero-order valence-corrected chi connectivity index (χ0v) is 49.5. The molecule has 0 spiro atoms. The van der Waals surface area contributed by atoms with Crippen LogP contribution in [0.25, 0.3) is 0 Å². The summed E-state index contributed by atoms with van der Waals surface area (Å²) in [5, 5.41) is 115. The van der Waals surface area contributed by atoms with Gasteiger partial charge in [-0.25, -0.2) is 4.79 Å². The van der Waals surface area contributed by atoms with Crippen LogP contribution in [-0.4, -0.2) is 162 Å². The molecule has 0 aliphatic carbocycles. The molecule has 0 aromatic rings. The van der Waals surface area contributed by atoms with Gasteiger partial charge in [0.2, 0.25) is 0 Å². The van der Waals surface area contributed by atoms with E-state index < -0.39 is 115 Å². The monoisotopic (exact) mass is 1120 g/mol. The Morgan fingerprint density at radius 1 is 0.772 bits per heavy atom. The third kappa shape index (κ3) is 27.9. The maximum absolute atomic E-state index is 13.7. The molecule has 18 heteroatoms. The first-order valence-corrected chi connectivity index (χ1v) is 29.4. The van der Waals surface area contributed by atoms with Gasteiger partial charge in [-0.15, -0.1) is 0 Å². The van der Waals surface area contributed by atoms with Crippen molar-refractivity contribution in [2.45, 2.75) is 257 Å². The molecule has 0 aromatic carbocycles. The summed E-state index contributed by atoms with van der Waals surface area (Å²) in [6.07, 6.45) is 6.83. The normalized spacial score (nSPS) is 37.1. The molecule has 0 saturated carbocycles. The Kier molecular flexibility index (Phi) is 34.0. The van der Waals surface area contributed by atoms with E-state index in [0.717, 1.165) is 51.5 Å². The maximum Gasteiger partial charge on any atom is 0.334 e. The summed E-state index contributed by atoms with van der Waals surface area (Å²) in [7, 11) is 1.63. The summed E-state index contributed by atoms with van der Waals surface area (Å²) in [5.41, 5.74) is 6.59. The van der Waals surface area contributed by atoms with Crippen LogP contribution in [0.5, 0.6) is 0 Å². The first kappa shape index (κ1) is 71.6. The molecule has 1 fully saturated rings. The molecular formula is C61H107N3O15. The van der Waals surface area contributed by atoms with Gasteiger partial charge in [-0.1, -0.05) is 110 Å². The summed E-state index contributed by atoms with van der Waals surface area (Å²) < 4.78 is 18.2. The number of carbonyl (C=O) groups excluding carboxylic acids is 2. The molecule has 1 saturated heterocycles. The Hall–Kier alpha value is -3.53. The summed E-state index contributed by atoms with van der Waals surface area (Å²) >= 11 is 0. The highest BCUT2D eigenvalue weighted by Gasteiger charge is 2.50. The molecule has 0 radical (unpaired) electrons. The molecule has 0 amide bonds. The number of rotatable bonds is 15. The van der Waals surface area contributed by atoms with E-state index in [2.05, 4.69) is 43.2 Å². The number of aliphatic hydroxyl groups excluding tert-OH is 9. The SMILES string of the molecule is CN=C(N)NCCC/C=C/CCC[C@H](C)[C@@H]1OC(=O)/C(C)=C\C=C\[C@@H](C)[C@@H](O)C[C@@H](O)[C@H](C)[C@H](O)CC[C@H](C)[C@@H](O)C[C@]2(O)O[C@H](C[C@H](OC(=O)CCCCC(C)C)C[C@@H](O)C[C@@H](O)C[C@@H](O)/C(C)=C\C=C/[C@H]1C)C[C@@H](O)[C@@H]2O. The molecule has 0 unspecified atom stereocenters. The molecule has 456 valence electrons. The zero-order chi connectivity index (χ0) is 59.4. The minimum Gasteiger partial charge on any atom is -0.462 e. The molecule has 2 aliphatic heterocycles. The number of esters is 2. The van der Waals surface area contributed by atoms with Crippen LogP contribution < -0.4 is 11.1 Å². The van der Waals surface area contributed by atoms with Crippen LogP contribution in [0.3, 0.4) is 0 Å². The van der Waals surface area contributed by atoms with Crippen molar-refractivity contribution in [3.63, 3.8) is 0 Å². The van der Waals surface area contributed by atoms with Crippen LogP contribution >= 0.6 is 0 Å². The van der Waals surface area contributed by atoms with E-state index in [-0.39, 0.29) is 69.6 Å². The zero-order valence-electron chi connectivity index (χ0n) is 49.5. The number of hydrogen-bond donors (Lipinski definition) is 12. The molecule has 0 aromatic heterocycles. The number of nitrogens with two attached hydrogens (primary N) is 1. The van der Waals surface area contributed by atoms with Crippen molar-refractivity contribution in [2.24, 2.45) is 46.2 Å². The van der Waals surface area contributed by atoms with Crippen molar-refractivity contribution >= 4 is 17.9 Å². The highest BCUT2D eigenvalue weighted by Crippen LogP contribution is 2.36. The van der Waals surface area contributed by atoms with Gasteiger partial charge in [0.1, 0.15) is 18.3 Å². The van der Waals surface area contributed by atoms with Crippen LogP contribution in [-0.2, 0) is 23.8 Å². The molecule has 18 atom stereocenters. The number of fused-ring (bicyclic) bond motifs is 2.